The number of fused-ring (bicyclic) bond motifs is 1. The van der Waals surface area contributed by atoms with Gasteiger partial charge in [0.05, 0.1) is 20.1 Å². The van der Waals surface area contributed by atoms with Gasteiger partial charge in [0.15, 0.2) is 0 Å². The van der Waals surface area contributed by atoms with Crippen molar-refractivity contribution in [2.75, 3.05) is 13.7 Å². The van der Waals surface area contributed by atoms with E-state index in [1.165, 1.54) is 5.56 Å². The average Bonchev–Trinajstić information content (AvgIpc) is 2.60. The summed E-state index contributed by atoms with van der Waals surface area (Å²) in [5.41, 5.74) is 3.22. The minimum absolute atomic E-state index is 0.0107. The van der Waals surface area contributed by atoms with E-state index in [1.807, 2.05) is 36.4 Å². The molecule has 1 aliphatic rings. The summed E-state index contributed by atoms with van der Waals surface area (Å²) in [6.45, 7) is 1.32. The van der Waals surface area contributed by atoms with Gasteiger partial charge >= 0.3 is 0 Å². The predicted molar refractivity (Wildman–Crippen MR) is 88.8 cm³/mol. The number of para-hydroxylation sites is 1. The molecular weight excluding hydrogens is 290 g/mol. The third-order valence-corrected chi connectivity index (χ3v) is 4.01. The second kappa shape index (κ2) is 7.18. The third kappa shape index (κ3) is 3.83. The zero-order valence-corrected chi connectivity index (χ0v) is 13.3. The Labute approximate surface area is 136 Å². The molecule has 0 radical (unpaired) electrons. The minimum atomic E-state index is -0.0107. The molecule has 23 heavy (non-hydrogen) atoms. The van der Waals surface area contributed by atoms with Gasteiger partial charge in [-0.05, 0) is 36.1 Å². The number of hydrogen-bond donors (Lipinski definition) is 1. The van der Waals surface area contributed by atoms with Crippen LogP contribution in [0.2, 0.25) is 0 Å². The average molecular weight is 311 g/mol. The molecule has 3 rings (SSSR count). The van der Waals surface area contributed by atoms with Gasteiger partial charge in [-0.3, -0.25) is 4.79 Å². The fourth-order valence-corrected chi connectivity index (χ4v) is 2.81. The van der Waals surface area contributed by atoms with E-state index in [-0.39, 0.29) is 5.91 Å². The lowest BCUT2D eigenvalue weighted by Crippen LogP contribution is -2.25. The number of amides is 1. The minimum Gasteiger partial charge on any atom is -0.496 e. The first kappa shape index (κ1) is 15.4. The molecule has 0 saturated carbocycles. The lowest BCUT2D eigenvalue weighted by molar-refractivity contribution is -0.120. The van der Waals surface area contributed by atoms with E-state index in [2.05, 4.69) is 11.4 Å². The van der Waals surface area contributed by atoms with Crippen LogP contribution in [0.5, 0.6) is 11.5 Å². The van der Waals surface area contributed by atoms with Crippen molar-refractivity contribution >= 4 is 5.91 Å². The molecule has 2 aromatic carbocycles. The van der Waals surface area contributed by atoms with Crippen molar-refractivity contribution < 1.29 is 14.3 Å². The molecule has 2 aromatic rings. The van der Waals surface area contributed by atoms with Gasteiger partial charge in [0, 0.05) is 12.1 Å². The monoisotopic (exact) mass is 311 g/mol. The van der Waals surface area contributed by atoms with E-state index < -0.39 is 0 Å². The highest BCUT2D eigenvalue weighted by atomic mass is 16.5. The summed E-state index contributed by atoms with van der Waals surface area (Å²) >= 11 is 0. The number of ether oxygens (including phenoxy) is 2. The molecule has 1 heterocycles. The zero-order chi connectivity index (χ0) is 16.1. The Morgan fingerprint density at radius 1 is 1.26 bits per heavy atom. The molecule has 0 bridgehead atoms. The number of carbonyl (C=O) groups excluding carboxylic acids is 1. The van der Waals surface area contributed by atoms with Crippen LogP contribution in [0.15, 0.2) is 42.5 Å². The molecule has 0 saturated heterocycles. The topological polar surface area (TPSA) is 47.6 Å². The number of hydrogen-bond acceptors (Lipinski definition) is 3. The van der Waals surface area contributed by atoms with Crippen LogP contribution >= 0.6 is 0 Å². The maximum atomic E-state index is 12.2. The van der Waals surface area contributed by atoms with Gasteiger partial charge in [-0.1, -0.05) is 30.3 Å². The van der Waals surface area contributed by atoms with Gasteiger partial charge in [0.2, 0.25) is 5.91 Å². The Balaban J connectivity index is 1.58. The molecule has 4 heteroatoms. The Morgan fingerprint density at radius 3 is 3.00 bits per heavy atom. The van der Waals surface area contributed by atoms with E-state index in [4.69, 9.17) is 9.47 Å². The first-order valence-corrected chi connectivity index (χ1v) is 7.89. The maximum absolute atomic E-state index is 12.2. The lowest BCUT2D eigenvalue weighted by atomic mass is 10.0. The van der Waals surface area contributed by atoms with Gasteiger partial charge in [0.25, 0.3) is 0 Å². The van der Waals surface area contributed by atoms with Crippen molar-refractivity contribution in [2.24, 2.45) is 0 Å². The van der Waals surface area contributed by atoms with Crippen molar-refractivity contribution in [1.82, 2.24) is 5.32 Å². The predicted octanol–water partition coefficient (Wildman–Crippen LogP) is 2.88. The maximum Gasteiger partial charge on any atom is 0.224 e. The van der Waals surface area contributed by atoms with Gasteiger partial charge < -0.3 is 14.8 Å². The fourth-order valence-electron chi connectivity index (χ4n) is 2.81. The Hall–Kier alpha value is -2.49. The number of methoxy groups -OCH3 is 1. The molecule has 0 unspecified atom stereocenters. The molecule has 0 aliphatic carbocycles. The molecule has 1 N–H and O–H groups in total. The zero-order valence-electron chi connectivity index (χ0n) is 13.3. The summed E-state index contributed by atoms with van der Waals surface area (Å²) < 4.78 is 10.9. The highest BCUT2D eigenvalue weighted by Crippen LogP contribution is 2.25. The van der Waals surface area contributed by atoms with Crippen LogP contribution in [0.25, 0.3) is 0 Å². The number of aryl methyl sites for hydroxylation is 1. The summed E-state index contributed by atoms with van der Waals surface area (Å²) in [5, 5.41) is 2.97. The van der Waals surface area contributed by atoms with Crippen LogP contribution in [0.3, 0.4) is 0 Å². The normalized spacial score (nSPS) is 12.9. The number of rotatable bonds is 5. The summed E-state index contributed by atoms with van der Waals surface area (Å²) in [4.78, 5) is 12.2. The summed E-state index contributed by atoms with van der Waals surface area (Å²) in [6.07, 6.45) is 2.41. The highest BCUT2D eigenvalue weighted by Gasteiger charge is 2.11. The fraction of sp³-hybridized carbons (Fsp3) is 0.316. The molecule has 0 spiro atoms. The van der Waals surface area contributed by atoms with Crippen LogP contribution in [-0.4, -0.2) is 19.6 Å². The quantitative estimate of drug-likeness (QED) is 0.923. The molecule has 0 fully saturated rings. The smallest absolute Gasteiger partial charge is 0.224 e. The highest BCUT2D eigenvalue weighted by molar-refractivity contribution is 5.79. The van der Waals surface area contributed by atoms with Crippen molar-refractivity contribution in [1.29, 1.82) is 0 Å². The van der Waals surface area contributed by atoms with Crippen molar-refractivity contribution in [3.05, 3.63) is 59.2 Å². The number of carbonyl (C=O) groups is 1. The molecule has 120 valence electrons. The van der Waals surface area contributed by atoms with E-state index >= 15 is 0 Å². The molecular formula is C19H21NO3. The number of nitrogens with one attached hydrogen (secondary N) is 1. The summed E-state index contributed by atoms with van der Waals surface area (Å²) in [6, 6.07) is 13.7. The summed E-state index contributed by atoms with van der Waals surface area (Å²) in [5.74, 6) is 1.71. The van der Waals surface area contributed by atoms with E-state index in [1.54, 1.807) is 7.11 Å². The van der Waals surface area contributed by atoms with Gasteiger partial charge in [0.1, 0.15) is 11.5 Å². The molecule has 0 aromatic heterocycles. The Bertz CT molecular complexity index is 697. The Morgan fingerprint density at radius 2 is 2.13 bits per heavy atom. The van der Waals surface area contributed by atoms with Crippen LogP contribution in [-0.2, 0) is 24.2 Å². The van der Waals surface area contributed by atoms with Gasteiger partial charge in [-0.2, -0.15) is 0 Å². The van der Waals surface area contributed by atoms with Gasteiger partial charge in [-0.15, -0.1) is 0 Å². The second-order valence-electron chi connectivity index (χ2n) is 5.66. The van der Waals surface area contributed by atoms with E-state index in [0.29, 0.717) is 13.0 Å². The Kier molecular flexibility index (Phi) is 4.81. The first-order valence-electron chi connectivity index (χ1n) is 7.89. The van der Waals surface area contributed by atoms with Crippen molar-refractivity contribution in [2.45, 2.75) is 25.8 Å². The van der Waals surface area contributed by atoms with Crippen LogP contribution in [0, 0.1) is 0 Å². The second-order valence-corrected chi connectivity index (χ2v) is 5.66. The molecule has 1 aliphatic heterocycles. The first-order chi connectivity index (χ1) is 11.3. The SMILES string of the molecule is COc1ccccc1CC(=O)NCc1ccc2c(c1)CCCO2. The van der Waals surface area contributed by atoms with Crippen molar-refractivity contribution in [3.63, 3.8) is 0 Å². The van der Waals surface area contributed by atoms with Crippen LogP contribution < -0.4 is 14.8 Å². The number of benzene rings is 2. The van der Waals surface area contributed by atoms with Crippen LogP contribution in [0.1, 0.15) is 23.1 Å². The lowest BCUT2D eigenvalue weighted by Gasteiger charge is -2.18. The van der Waals surface area contributed by atoms with Crippen LogP contribution in [0.4, 0.5) is 0 Å². The largest absolute Gasteiger partial charge is 0.496 e. The van der Waals surface area contributed by atoms with Gasteiger partial charge in [-0.25, -0.2) is 0 Å². The van der Waals surface area contributed by atoms with Crippen molar-refractivity contribution in [3.8, 4) is 11.5 Å². The molecule has 0 atom stereocenters. The van der Waals surface area contributed by atoms with E-state index in [0.717, 1.165) is 42.1 Å². The summed E-state index contributed by atoms with van der Waals surface area (Å²) in [7, 11) is 1.62. The molecule has 1 amide bonds. The van der Waals surface area contributed by atoms with E-state index in [9.17, 15) is 4.79 Å². The third-order valence-electron chi connectivity index (χ3n) is 4.01. The molecule has 4 nitrogen and oxygen atoms in total. The standard InChI is InChI=1S/C19H21NO3/c1-22-17-7-3-2-5-16(17)12-19(21)20-13-14-8-9-18-15(11-14)6-4-10-23-18/h2-3,5,7-9,11H,4,6,10,12-13H2,1H3,(H,20,21).